The van der Waals surface area contributed by atoms with Crippen LogP contribution in [0, 0.1) is 0 Å². The van der Waals surface area contributed by atoms with E-state index in [1.165, 1.54) is 21.9 Å². The molecule has 11 heteroatoms. The lowest BCUT2D eigenvalue weighted by Crippen LogP contribution is -2.57. The minimum Gasteiger partial charge on any atom is -0.508 e. The summed E-state index contributed by atoms with van der Waals surface area (Å²) in [5, 5.41) is 21.8. The van der Waals surface area contributed by atoms with Gasteiger partial charge in [-0.2, -0.15) is 11.8 Å². The highest BCUT2D eigenvalue weighted by atomic mass is 32.2. The van der Waals surface area contributed by atoms with E-state index in [1.807, 2.05) is 6.26 Å². The maximum Gasteiger partial charge on any atom is 0.326 e. The molecule has 0 radical (unpaired) electrons. The Balaban J connectivity index is 1.79. The number of carbonyl (C=O) groups is 4. The number of thioether (sulfide) groups is 1. The Morgan fingerprint density at radius 2 is 1.71 bits per heavy atom. The molecule has 35 heavy (non-hydrogen) atoms. The first kappa shape index (κ1) is 26.8. The summed E-state index contributed by atoms with van der Waals surface area (Å²) in [7, 11) is 0. The fourth-order valence-corrected chi connectivity index (χ4v) is 5.18. The van der Waals surface area contributed by atoms with Crippen LogP contribution in [0.3, 0.4) is 0 Å². The Bertz CT molecular complexity index is 927. The van der Waals surface area contributed by atoms with Gasteiger partial charge in [-0.15, -0.1) is 0 Å². The molecule has 0 spiro atoms. The van der Waals surface area contributed by atoms with Gasteiger partial charge in [0.05, 0.1) is 6.04 Å². The van der Waals surface area contributed by atoms with Crippen LogP contribution in [0.4, 0.5) is 0 Å². The predicted octanol–water partition coefficient (Wildman–Crippen LogP) is 0.567. The maximum atomic E-state index is 13.7. The molecule has 5 N–H and O–H groups in total. The fourth-order valence-electron chi connectivity index (χ4n) is 4.69. The highest BCUT2D eigenvalue weighted by Gasteiger charge is 2.43. The summed E-state index contributed by atoms with van der Waals surface area (Å²) < 4.78 is 0. The molecule has 2 heterocycles. The van der Waals surface area contributed by atoms with Gasteiger partial charge in [0.25, 0.3) is 0 Å². The molecule has 0 bridgehead atoms. The molecule has 4 unspecified atom stereocenters. The molecule has 2 saturated heterocycles. The highest BCUT2D eigenvalue weighted by Crippen LogP contribution is 2.26. The molecule has 10 nitrogen and oxygen atoms in total. The van der Waals surface area contributed by atoms with Gasteiger partial charge < -0.3 is 31.1 Å². The maximum absolute atomic E-state index is 13.7. The van der Waals surface area contributed by atoms with E-state index >= 15 is 0 Å². The van der Waals surface area contributed by atoms with Crippen LogP contribution in [0.1, 0.15) is 37.7 Å². The van der Waals surface area contributed by atoms with Crippen molar-refractivity contribution < 1.29 is 29.4 Å². The number of benzene rings is 1. The Kier molecular flexibility index (Phi) is 9.39. The van der Waals surface area contributed by atoms with Crippen LogP contribution in [-0.2, 0) is 25.6 Å². The van der Waals surface area contributed by atoms with Crippen LogP contribution in [0.25, 0.3) is 0 Å². The SMILES string of the molecule is CSCCC(N)C(=O)NC(Cc1ccc(O)cc1)C(=O)N1CCCC1C(=O)N1CCCC1C(=O)O. The molecular weight excluding hydrogens is 472 g/mol. The van der Waals surface area contributed by atoms with E-state index in [9.17, 15) is 29.4 Å². The van der Waals surface area contributed by atoms with Gasteiger partial charge in [0.15, 0.2) is 0 Å². The van der Waals surface area contributed by atoms with Crippen molar-refractivity contribution in [3.63, 3.8) is 0 Å². The van der Waals surface area contributed by atoms with Gasteiger partial charge >= 0.3 is 5.97 Å². The number of phenolic OH excluding ortho intramolecular Hbond substituents is 1. The van der Waals surface area contributed by atoms with Gasteiger partial charge in [-0.25, -0.2) is 4.79 Å². The summed E-state index contributed by atoms with van der Waals surface area (Å²) in [6.07, 6.45) is 4.61. The fraction of sp³-hybridized carbons (Fsp3) is 0.583. The number of rotatable bonds is 10. The lowest BCUT2D eigenvalue weighted by Gasteiger charge is -2.32. The number of likely N-dealkylation sites (tertiary alicyclic amines) is 2. The molecule has 4 atom stereocenters. The van der Waals surface area contributed by atoms with Crippen LogP contribution < -0.4 is 11.1 Å². The lowest BCUT2D eigenvalue weighted by atomic mass is 10.0. The van der Waals surface area contributed by atoms with Crippen LogP contribution in [-0.4, -0.2) is 93.0 Å². The molecule has 192 valence electrons. The number of hydrogen-bond acceptors (Lipinski definition) is 7. The Morgan fingerprint density at radius 3 is 2.34 bits per heavy atom. The van der Waals surface area contributed by atoms with Crippen LogP contribution >= 0.6 is 11.8 Å². The first-order valence-corrected chi connectivity index (χ1v) is 13.3. The number of nitrogens with zero attached hydrogens (tertiary/aromatic N) is 2. The third kappa shape index (κ3) is 6.66. The topological polar surface area (TPSA) is 153 Å². The summed E-state index contributed by atoms with van der Waals surface area (Å²) in [6, 6.07) is 3.00. The number of hydrogen-bond donors (Lipinski definition) is 4. The van der Waals surface area contributed by atoms with Crippen molar-refractivity contribution in [1.29, 1.82) is 0 Å². The largest absolute Gasteiger partial charge is 0.508 e. The number of carboxylic acid groups (broad SMARTS) is 1. The number of carbonyl (C=O) groups excluding carboxylic acids is 3. The first-order valence-electron chi connectivity index (χ1n) is 11.9. The van der Waals surface area contributed by atoms with Gasteiger partial charge in [0.2, 0.25) is 17.7 Å². The molecule has 3 amide bonds. The molecule has 1 aromatic carbocycles. The zero-order chi connectivity index (χ0) is 25.5. The third-order valence-electron chi connectivity index (χ3n) is 6.60. The Morgan fingerprint density at radius 1 is 1.09 bits per heavy atom. The lowest BCUT2D eigenvalue weighted by molar-refractivity contribution is -0.152. The van der Waals surface area contributed by atoms with Crippen LogP contribution in [0.2, 0.25) is 0 Å². The van der Waals surface area contributed by atoms with E-state index < -0.39 is 42.0 Å². The van der Waals surface area contributed by atoms with Crippen LogP contribution in [0.15, 0.2) is 24.3 Å². The Labute approximate surface area is 209 Å². The van der Waals surface area contributed by atoms with Crippen molar-refractivity contribution in [3.05, 3.63) is 29.8 Å². The molecule has 3 rings (SSSR count). The van der Waals surface area contributed by atoms with E-state index in [4.69, 9.17) is 5.73 Å². The number of nitrogens with one attached hydrogen (secondary N) is 1. The third-order valence-corrected chi connectivity index (χ3v) is 7.25. The zero-order valence-corrected chi connectivity index (χ0v) is 20.7. The summed E-state index contributed by atoms with van der Waals surface area (Å²) in [5.74, 6) is -1.44. The van der Waals surface area contributed by atoms with Crippen molar-refractivity contribution in [2.75, 3.05) is 25.1 Å². The quantitative estimate of drug-likeness (QED) is 0.359. The van der Waals surface area contributed by atoms with E-state index in [2.05, 4.69) is 5.32 Å². The summed E-state index contributed by atoms with van der Waals surface area (Å²) in [6.45, 7) is 0.702. The second-order valence-corrected chi connectivity index (χ2v) is 10.0. The minimum absolute atomic E-state index is 0.0866. The minimum atomic E-state index is -1.04. The molecule has 2 fully saturated rings. The van der Waals surface area contributed by atoms with Crippen molar-refractivity contribution in [2.45, 2.75) is 62.7 Å². The summed E-state index contributed by atoms with van der Waals surface area (Å²) in [5.41, 5.74) is 6.75. The zero-order valence-electron chi connectivity index (χ0n) is 19.9. The van der Waals surface area contributed by atoms with E-state index in [-0.39, 0.29) is 18.1 Å². The van der Waals surface area contributed by atoms with Gasteiger partial charge in [-0.3, -0.25) is 14.4 Å². The average Bonchev–Trinajstić information content (AvgIpc) is 3.52. The van der Waals surface area contributed by atoms with Gasteiger partial charge in [-0.1, -0.05) is 12.1 Å². The molecular formula is C24H34N4O6S. The van der Waals surface area contributed by atoms with E-state index in [0.29, 0.717) is 50.9 Å². The second kappa shape index (κ2) is 12.3. The van der Waals surface area contributed by atoms with Crippen molar-refractivity contribution in [2.24, 2.45) is 5.73 Å². The molecule has 1 aromatic rings. The summed E-state index contributed by atoms with van der Waals surface area (Å²) >= 11 is 1.57. The number of nitrogens with two attached hydrogens (primary N) is 1. The highest BCUT2D eigenvalue weighted by molar-refractivity contribution is 7.98. The average molecular weight is 507 g/mol. The number of phenols is 1. The van der Waals surface area contributed by atoms with Crippen molar-refractivity contribution in [3.8, 4) is 5.75 Å². The molecule has 2 aliphatic rings. The monoisotopic (exact) mass is 506 g/mol. The van der Waals surface area contributed by atoms with Gasteiger partial charge in [0.1, 0.15) is 23.9 Å². The molecule has 2 aliphatic heterocycles. The van der Waals surface area contributed by atoms with Gasteiger partial charge in [0, 0.05) is 19.5 Å². The smallest absolute Gasteiger partial charge is 0.326 e. The molecule has 0 aliphatic carbocycles. The second-order valence-electron chi connectivity index (χ2n) is 9.04. The standard InChI is InChI=1S/C24H34N4O6S/c1-35-13-10-17(25)21(30)26-18(14-15-6-8-16(29)9-7-15)22(31)27-11-2-4-19(27)23(32)28-12-3-5-20(28)24(33)34/h6-9,17-20,29H,2-5,10-14,25H2,1H3,(H,26,30)(H,33,34). The summed E-state index contributed by atoms with van der Waals surface area (Å²) in [4.78, 5) is 54.1. The molecule has 0 aromatic heterocycles. The van der Waals surface area contributed by atoms with Crippen LogP contribution in [0.5, 0.6) is 5.75 Å². The number of aromatic hydroxyl groups is 1. The van der Waals surface area contributed by atoms with Gasteiger partial charge in [-0.05, 0) is 61.8 Å². The number of amides is 3. The predicted molar refractivity (Wildman–Crippen MR) is 132 cm³/mol. The Hall–Kier alpha value is -2.79. The van der Waals surface area contributed by atoms with E-state index in [1.54, 1.807) is 23.9 Å². The number of aliphatic carboxylic acids is 1. The first-order chi connectivity index (χ1) is 16.7. The van der Waals surface area contributed by atoms with E-state index in [0.717, 1.165) is 5.56 Å². The molecule has 0 saturated carbocycles. The van der Waals surface area contributed by atoms with Crippen molar-refractivity contribution in [1.82, 2.24) is 15.1 Å². The normalized spacial score (nSPS) is 21.5. The van der Waals surface area contributed by atoms with Crippen molar-refractivity contribution >= 4 is 35.5 Å². The number of carboxylic acids is 1.